The van der Waals surface area contributed by atoms with Gasteiger partial charge in [0.2, 0.25) is 0 Å². The quantitative estimate of drug-likeness (QED) is 0.680. The molecule has 0 aliphatic heterocycles. The lowest BCUT2D eigenvalue weighted by atomic mass is 10.1. The summed E-state index contributed by atoms with van der Waals surface area (Å²) < 4.78 is 9.67. The third kappa shape index (κ3) is 5.25. The van der Waals surface area contributed by atoms with Crippen molar-refractivity contribution in [1.29, 1.82) is 0 Å². The summed E-state index contributed by atoms with van der Waals surface area (Å²) >= 11 is 0. The lowest BCUT2D eigenvalue weighted by Gasteiger charge is -2.21. The monoisotopic (exact) mass is 293 g/mol. The van der Waals surface area contributed by atoms with Crippen molar-refractivity contribution in [3.8, 4) is 0 Å². The summed E-state index contributed by atoms with van der Waals surface area (Å²) in [7, 11) is 1.29. The molecule has 0 radical (unpaired) electrons. The molecule has 21 heavy (non-hydrogen) atoms. The summed E-state index contributed by atoms with van der Waals surface area (Å²) in [6, 6.07) is 5.35. The lowest BCUT2D eigenvalue weighted by molar-refractivity contribution is -0.109. The molecule has 6 heteroatoms. The molecule has 0 aliphatic carbocycles. The van der Waals surface area contributed by atoms with E-state index in [0.29, 0.717) is 17.4 Å². The normalized spacial score (nSPS) is 12.2. The van der Waals surface area contributed by atoms with Crippen molar-refractivity contribution in [3.63, 3.8) is 0 Å². The van der Waals surface area contributed by atoms with Gasteiger partial charge in [0.1, 0.15) is 17.9 Å². The van der Waals surface area contributed by atoms with E-state index in [0.717, 1.165) is 0 Å². The van der Waals surface area contributed by atoms with Gasteiger partial charge in [-0.2, -0.15) is 0 Å². The fourth-order valence-electron chi connectivity index (χ4n) is 1.57. The van der Waals surface area contributed by atoms with E-state index in [1.807, 2.05) is 0 Å². The number of hydrogen-bond donors (Lipinski definition) is 1. The van der Waals surface area contributed by atoms with Gasteiger partial charge >= 0.3 is 12.1 Å². The Kier molecular flexibility index (Phi) is 5.46. The number of hydrogen-bond acceptors (Lipinski definition) is 5. The van der Waals surface area contributed by atoms with Crippen LogP contribution in [0.3, 0.4) is 0 Å². The van der Waals surface area contributed by atoms with Crippen LogP contribution in [0.15, 0.2) is 24.3 Å². The largest absolute Gasteiger partial charge is 0.465 e. The van der Waals surface area contributed by atoms with E-state index in [1.54, 1.807) is 32.9 Å². The van der Waals surface area contributed by atoms with Gasteiger partial charge in [-0.15, -0.1) is 0 Å². The predicted octanol–water partition coefficient (Wildman–Crippen LogP) is 2.24. The van der Waals surface area contributed by atoms with Crippen LogP contribution in [-0.4, -0.2) is 31.1 Å². The van der Waals surface area contributed by atoms with Crippen LogP contribution in [0.2, 0.25) is 0 Å². The number of esters is 1. The number of nitrogens with one attached hydrogen (secondary N) is 1. The van der Waals surface area contributed by atoms with Crippen molar-refractivity contribution >= 4 is 18.3 Å². The Balaban J connectivity index is 2.79. The molecular formula is C15H19NO5. The zero-order valence-electron chi connectivity index (χ0n) is 12.5. The van der Waals surface area contributed by atoms with Crippen LogP contribution in [0, 0.1) is 0 Å². The van der Waals surface area contributed by atoms with Crippen molar-refractivity contribution < 1.29 is 23.9 Å². The van der Waals surface area contributed by atoms with Crippen LogP contribution < -0.4 is 5.32 Å². The van der Waals surface area contributed by atoms with E-state index in [1.165, 1.54) is 19.2 Å². The Morgan fingerprint density at radius 2 is 1.76 bits per heavy atom. The Bertz CT molecular complexity index is 516. The molecule has 1 atom stereocenters. The maximum absolute atomic E-state index is 11.7. The lowest BCUT2D eigenvalue weighted by Crippen LogP contribution is -2.35. The molecule has 1 amide bonds. The van der Waals surface area contributed by atoms with E-state index in [2.05, 4.69) is 10.1 Å². The standard InChI is InChI=1S/C15H19NO5/c1-15(2,3)21-14(19)16-12(9-17)10-5-7-11(8-6-10)13(18)20-4/h5-9,12H,1-4H3,(H,16,19)/t12-/m0/s1. The number of benzene rings is 1. The molecule has 0 saturated heterocycles. The molecule has 6 nitrogen and oxygen atoms in total. The van der Waals surface area contributed by atoms with Crippen molar-refractivity contribution in [2.24, 2.45) is 0 Å². The third-order valence-electron chi connectivity index (χ3n) is 2.50. The third-order valence-corrected chi connectivity index (χ3v) is 2.50. The predicted molar refractivity (Wildman–Crippen MR) is 76.0 cm³/mol. The number of amides is 1. The first-order valence-electron chi connectivity index (χ1n) is 6.40. The van der Waals surface area contributed by atoms with E-state index in [-0.39, 0.29) is 0 Å². The zero-order valence-corrected chi connectivity index (χ0v) is 12.5. The van der Waals surface area contributed by atoms with Gasteiger partial charge < -0.3 is 19.6 Å². The van der Waals surface area contributed by atoms with Crippen molar-refractivity contribution in [1.82, 2.24) is 5.32 Å². The number of ether oxygens (including phenoxy) is 2. The summed E-state index contributed by atoms with van der Waals surface area (Å²) in [5.74, 6) is -0.468. The highest BCUT2D eigenvalue weighted by Crippen LogP contribution is 2.14. The summed E-state index contributed by atoms with van der Waals surface area (Å²) in [4.78, 5) is 34.1. The van der Waals surface area contributed by atoms with Gasteiger partial charge in [-0.25, -0.2) is 9.59 Å². The number of carbonyl (C=O) groups excluding carboxylic acids is 3. The molecule has 0 unspecified atom stereocenters. The minimum Gasteiger partial charge on any atom is -0.465 e. The average molecular weight is 293 g/mol. The van der Waals surface area contributed by atoms with Crippen LogP contribution in [0.1, 0.15) is 42.7 Å². The molecule has 1 rings (SSSR count). The van der Waals surface area contributed by atoms with Gasteiger partial charge in [-0.1, -0.05) is 12.1 Å². The highest BCUT2D eigenvalue weighted by molar-refractivity contribution is 5.89. The summed E-state index contributed by atoms with van der Waals surface area (Å²) in [6.07, 6.45) is -0.0893. The van der Waals surface area contributed by atoms with E-state index >= 15 is 0 Å². The smallest absolute Gasteiger partial charge is 0.408 e. The molecule has 0 aliphatic rings. The van der Waals surface area contributed by atoms with E-state index < -0.39 is 23.7 Å². The van der Waals surface area contributed by atoms with Gasteiger partial charge in [0.25, 0.3) is 0 Å². The highest BCUT2D eigenvalue weighted by atomic mass is 16.6. The van der Waals surface area contributed by atoms with E-state index in [4.69, 9.17) is 4.74 Å². The average Bonchev–Trinajstić information content (AvgIpc) is 2.42. The number of alkyl carbamates (subject to hydrolysis) is 1. The number of carbonyl (C=O) groups is 3. The molecule has 0 aromatic heterocycles. The van der Waals surface area contributed by atoms with Gasteiger partial charge in [0.15, 0.2) is 0 Å². The summed E-state index contributed by atoms with van der Waals surface area (Å²) in [5, 5.41) is 2.46. The molecule has 0 saturated carbocycles. The second kappa shape index (κ2) is 6.88. The first-order chi connectivity index (χ1) is 9.76. The molecular weight excluding hydrogens is 274 g/mol. The van der Waals surface area contributed by atoms with Gasteiger partial charge in [0, 0.05) is 0 Å². The van der Waals surface area contributed by atoms with Gasteiger partial charge in [-0.05, 0) is 38.5 Å². The number of methoxy groups -OCH3 is 1. The molecule has 1 aromatic carbocycles. The minimum absolute atomic E-state index is 0.364. The second-order valence-corrected chi connectivity index (χ2v) is 5.37. The van der Waals surface area contributed by atoms with Gasteiger partial charge in [-0.3, -0.25) is 0 Å². The fraction of sp³-hybridized carbons (Fsp3) is 0.400. The molecule has 0 heterocycles. The maximum atomic E-state index is 11.7. The van der Waals surface area contributed by atoms with Crippen molar-refractivity contribution in [3.05, 3.63) is 35.4 Å². The molecule has 0 spiro atoms. The SMILES string of the molecule is COC(=O)c1ccc([C@H](C=O)NC(=O)OC(C)(C)C)cc1. The topological polar surface area (TPSA) is 81.7 Å². The molecule has 0 bridgehead atoms. The Hall–Kier alpha value is -2.37. The number of aldehydes is 1. The Labute approximate surface area is 123 Å². The van der Waals surface area contributed by atoms with E-state index in [9.17, 15) is 14.4 Å². The Morgan fingerprint density at radius 1 is 1.19 bits per heavy atom. The van der Waals surface area contributed by atoms with Gasteiger partial charge in [0.05, 0.1) is 12.7 Å². The molecule has 1 aromatic rings. The number of rotatable bonds is 4. The van der Waals surface area contributed by atoms with Crippen LogP contribution in [0.5, 0.6) is 0 Å². The maximum Gasteiger partial charge on any atom is 0.408 e. The van der Waals surface area contributed by atoms with Crippen molar-refractivity contribution in [2.75, 3.05) is 7.11 Å². The fourth-order valence-corrected chi connectivity index (χ4v) is 1.57. The van der Waals surface area contributed by atoms with Crippen molar-refractivity contribution in [2.45, 2.75) is 32.4 Å². The van der Waals surface area contributed by atoms with Crippen LogP contribution >= 0.6 is 0 Å². The van der Waals surface area contributed by atoms with Crippen LogP contribution in [0.4, 0.5) is 4.79 Å². The summed E-state index contributed by atoms with van der Waals surface area (Å²) in [6.45, 7) is 5.19. The molecule has 0 fully saturated rings. The summed E-state index contributed by atoms with van der Waals surface area (Å²) in [5.41, 5.74) is 0.262. The van der Waals surface area contributed by atoms with Crippen LogP contribution in [0.25, 0.3) is 0 Å². The zero-order chi connectivity index (χ0) is 16.0. The Morgan fingerprint density at radius 3 is 2.19 bits per heavy atom. The molecule has 1 N–H and O–H groups in total. The first-order valence-corrected chi connectivity index (χ1v) is 6.40. The van der Waals surface area contributed by atoms with Crippen LogP contribution in [-0.2, 0) is 14.3 Å². The first kappa shape index (κ1) is 16.7. The molecule has 114 valence electrons. The minimum atomic E-state index is -0.841. The second-order valence-electron chi connectivity index (χ2n) is 5.37. The highest BCUT2D eigenvalue weighted by Gasteiger charge is 2.20.